The standard InChI is InChI=1S/C23H18O/c24-23(21-14-8-3-9-15-21)17-16-22(20-12-6-2-7-13-20)18-19-10-4-1-5-11-19/h1-18H. The predicted octanol–water partition coefficient (Wildman–Crippen LogP) is 5.67. The number of ketones is 1. The first-order valence-electron chi connectivity index (χ1n) is 7.92. The van der Waals surface area contributed by atoms with Crippen LogP contribution in [0.5, 0.6) is 0 Å². The van der Waals surface area contributed by atoms with Gasteiger partial charge in [-0.2, -0.15) is 0 Å². The topological polar surface area (TPSA) is 17.1 Å². The molecule has 0 aliphatic rings. The Morgan fingerprint density at radius 2 is 1.08 bits per heavy atom. The molecule has 0 N–H and O–H groups in total. The summed E-state index contributed by atoms with van der Waals surface area (Å²) in [6.45, 7) is 0. The minimum absolute atomic E-state index is 0.00509. The monoisotopic (exact) mass is 310 g/mol. The first-order chi connectivity index (χ1) is 11.8. The van der Waals surface area contributed by atoms with Crippen LogP contribution in [0.25, 0.3) is 11.6 Å². The maximum absolute atomic E-state index is 12.3. The maximum Gasteiger partial charge on any atom is 0.185 e. The van der Waals surface area contributed by atoms with E-state index in [4.69, 9.17) is 0 Å². The Kier molecular flexibility index (Phi) is 5.16. The molecule has 0 unspecified atom stereocenters. The zero-order chi connectivity index (χ0) is 16.6. The number of carbonyl (C=O) groups excluding carboxylic acids is 1. The van der Waals surface area contributed by atoms with Crippen LogP contribution in [0.4, 0.5) is 0 Å². The zero-order valence-corrected chi connectivity index (χ0v) is 13.3. The Labute approximate surface area is 142 Å². The minimum atomic E-state index is 0.00509. The van der Waals surface area contributed by atoms with Crippen molar-refractivity contribution in [2.75, 3.05) is 0 Å². The molecular formula is C23H18O. The molecule has 0 aliphatic carbocycles. The highest BCUT2D eigenvalue weighted by Gasteiger charge is 2.02. The average Bonchev–Trinajstić information content (AvgIpc) is 2.67. The van der Waals surface area contributed by atoms with Gasteiger partial charge in [0.1, 0.15) is 0 Å². The Hall–Kier alpha value is -3.19. The van der Waals surface area contributed by atoms with Crippen molar-refractivity contribution < 1.29 is 4.79 Å². The molecule has 0 atom stereocenters. The molecule has 0 bridgehead atoms. The fraction of sp³-hybridized carbons (Fsp3) is 0. The van der Waals surface area contributed by atoms with Crippen LogP contribution in [0.1, 0.15) is 21.5 Å². The van der Waals surface area contributed by atoms with Gasteiger partial charge >= 0.3 is 0 Å². The first-order valence-corrected chi connectivity index (χ1v) is 7.92. The first kappa shape index (κ1) is 15.7. The number of allylic oxidation sites excluding steroid dienone is 3. The van der Waals surface area contributed by atoms with Crippen LogP contribution in [-0.2, 0) is 0 Å². The molecule has 1 heteroatoms. The number of hydrogen-bond donors (Lipinski definition) is 0. The molecule has 0 aromatic heterocycles. The Balaban J connectivity index is 1.92. The van der Waals surface area contributed by atoms with E-state index >= 15 is 0 Å². The number of carbonyl (C=O) groups is 1. The molecule has 0 spiro atoms. The lowest BCUT2D eigenvalue weighted by Gasteiger charge is -2.03. The average molecular weight is 310 g/mol. The predicted molar refractivity (Wildman–Crippen MR) is 101 cm³/mol. The maximum atomic E-state index is 12.3. The van der Waals surface area contributed by atoms with Crippen molar-refractivity contribution in [2.45, 2.75) is 0 Å². The molecule has 0 fully saturated rings. The molecule has 1 nitrogen and oxygen atoms in total. The highest BCUT2D eigenvalue weighted by atomic mass is 16.1. The summed E-state index contributed by atoms with van der Waals surface area (Å²) in [5.41, 5.74) is 3.89. The lowest BCUT2D eigenvalue weighted by molar-refractivity contribution is 0.104. The molecule has 3 aromatic rings. The second-order valence-electron chi connectivity index (χ2n) is 5.44. The molecule has 0 amide bonds. The summed E-state index contributed by atoms with van der Waals surface area (Å²) in [7, 11) is 0. The summed E-state index contributed by atoms with van der Waals surface area (Å²) in [5.74, 6) is 0.00509. The third kappa shape index (κ3) is 4.17. The van der Waals surface area contributed by atoms with Crippen LogP contribution in [0.3, 0.4) is 0 Å². The minimum Gasteiger partial charge on any atom is -0.289 e. The van der Waals surface area contributed by atoms with Crippen LogP contribution in [0.15, 0.2) is 103 Å². The van der Waals surface area contributed by atoms with E-state index in [0.29, 0.717) is 5.56 Å². The van der Waals surface area contributed by atoms with Crippen molar-refractivity contribution in [3.8, 4) is 0 Å². The fourth-order valence-electron chi connectivity index (χ4n) is 2.45. The van der Waals surface area contributed by atoms with E-state index in [1.807, 2.05) is 84.9 Å². The van der Waals surface area contributed by atoms with E-state index in [0.717, 1.165) is 16.7 Å². The number of rotatable bonds is 5. The van der Waals surface area contributed by atoms with Gasteiger partial charge in [0, 0.05) is 5.56 Å². The molecule has 0 aliphatic heterocycles. The van der Waals surface area contributed by atoms with E-state index < -0.39 is 0 Å². The fourth-order valence-corrected chi connectivity index (χ4v) is 2.45. The zero-order valence-electron chi connectivity index (χ0n) is 13.3. The molecule has 116 valence electrons. The van der Waals surface area contributed by atoms with Crippen molar-refractivity contribution >= 4 is 17.4 Å². The van der Waals surface area contributed by atoms with Crippen LogP contribution < -0.4 is 0 Å². The molecule has 0 saturated heterocycles. The van der Waals surface area contributed by atoms with Crippen molar-refractivity contribution in [3.63, 3.8) is 0 Å². The van der Waals surface area contributed by atoms with Gasteiger partial charge in [-0.1, -0.05) is 97.1 Å². The summed E-state index contributed by atoms with van der Waals surface area (Å²) in [6, 6.07) is 29.5. The van der Waals surface area contributed by atoms with Gasteiger partial charge in [0.15, 0.2) is 5.78 Å². The van der Waals surface area contributed by atoms with Crippen LogP contribution >= 0.6 is 0 Å². The van der Waals surface area contributed by atoms with Crippen molar-refractivity contribution in [1.29, 1.82) is 0 Å². The highest BCUT2D eigenvalue weighted by molar-refractivity contribution is 6.06. The number of benzene rings is 3. The van der Waals surface area contributed by atoms with E-state index in [1.54, 1.807) is 6.08 Å². The molecule has 0 saturated carbocycles. The van der Waals surface area contributed by atoms with Gasteiger partial charge in [0.25, 0.3) is 0 Å². The Morgan fingerprint density at radius 1 is 0.583 bits per heavy atom. The van der Waals surface area contributed by atoms with Gasteiger partial charge in [0.05, 0.1) is 0 Å². The number of hydrogen-bond acceptors (Lipinski definition) is 1. The van der Waals surface area contributed by atoms with E-state index in [-0.39, 0.29) is 5.78 Å². The molecule has 0 radical (unpaired) electrons. The van der Waals surface area contributed by atoms with Crippen molar-refractivity contribution in [3.05, 3.63) is 120 Å². The Morgan fingerprint density at radius 3 is 1.67 bits per heavy atom. The van der Waals surface area contributed by atoms with Gasteiger partial charge < -0.3 is 0 Å². The lowest BCUT2D eigenvalue weighted by Crippen LogP contribution is -1.93. The second kappa shape index (κ2) is 7.89. The van der Waals surface area contributed by atoms with E-state index in [1.165, 1.54) is 0 Å². The quantitative estimate of drug-likeness (QED) is 0.257. The largest absolute Gasteiger partial charge is 0.289 e. The lowest BCUT2D eigenvalue weighted by atomic mass is 10.0. The second-order valence-corrected chi connectivity index (χ2v) is 5.44. The highest BCUT2D eigenvalue weighted by Crippen LogP contribution is 2.20. The van der Waals surface area contributed by atoms with Gasteiger partial charge in [0.2, 0.25) is 0 Å². The van der Waals surface area contributed by atoms with Crippen LogP contribution in [0, 0.1) is 0 Å². The summed E-state index contributed by atoms with van der Waals surface area (Å²) in [6.07, 6.45) is 5.61. The molecule has 3 rings (SSSR count). The third-order valence-electron chi connectivity index (χ3n) is 3.70. The summed E-state index contributed by atoms with van der Waals surface area (Å²) >= 11 is 0. The SMILES string of the molecule is O=C(C=CC(=Cc1ccccc1)c1ccccc1)c1ccccc1. The summed E-state index contributed by atoms with van der Waals surface area (Å²) in [4.78, 5) is 12.3. The molecular weight excluding hydrogens is 292 g/mol. The third-order valence-corrected chi connectivity index (χ3v) is 3.70. The van der Waals surface area contributed by atoms with Crippen LogP contribution in [-0.4, -0.2) is 5.78 Å². The normalized spacial score (nSPS) is 11.6. The smallest absolute Gasteiger partial charge is 0.185 e. The summed E-state index contributed by atoms with van der Waals surface area (Å²) in [5, 5.41) is 0. The van der Waals surface area contributed by atoms with E-state index in [9.17, 15) is 4.79 Å². The van der Waals surface area contributed by atoms with Crippen molar-refractivity contribution in [2.24, 2.45) is 0 Å². The Bertz CT molecular complexity index is 844. The van der Waals surface area contributed by atoms with E-state index in [2.05, 4.69) is 18.2 Å². The molecule has 0 heterocycles. The van der Waals surface area contributed by atoms with Gasteiger partial charge in [-0.15, -0.1) is 0 Å². The molecule has 3 aromatic carbocycles. The molecule has 24 heavy (non-hydrogen) atoms. The van der Waals surface area contributed by atoms with Gasteiger partial charge in [-0.3, -0.25) is 4.79 Å². The van der Waals surface area contributed by atoms with Gasteiger partial charge in [-0.05, 0) is 28.9 Å². The van der Waals surface area contributed by atoms with Crippen LogP contribution in [0.2, 0.25) is 0 Å². The van der Waals surface area contributed by atoms with Crippen molar-refractivity contribution in [1.82, 2.24) is 0 Å². The summed E-state index contributed by atoms with van der Waals surface area (Å²) < 4.78 is 0. The van der Waals surface area contributed by atoms with Gasteiger partial charge in [-0.25, -0.2) is 0 Å².